The quantitative estimate of drug-likeness (QED) is 0.293. The Balaban J connectivity index is 1.59. The second-order valence-electron chi connectivity index (χ2n) is 7.65. The van der Waals surface area contributed by atoms with Crippen molar-refractivity contribution in [3.05, 3.63) is 75.1 Å². The molecule has 1 heterocycles. The number of amidine groups is 1. The maximum Gasteiger partial charge on any atom is 0.266 e. The molecule has 1 aliphatic rings. The number of rotatable bonds is 8. The molecular formula is C27H27BrN2O3S. The molecule has 3 aromatic carbocycles. The molecule has 1 saturated heterocycles. The van der Waals surface area contributed by atoms with Gasteiger partial charge in [-0.05, 0) is 94.6 Å². The Morgan fingerprint density at radius 2 is 1.82 bits per heavy atom. The fraction of sp³-hybridized carbons (Fsp3) is 0.259. The third kappa shape index (κ3) is 5.31. The van der Waals surface area contributed by atoms with E-state index in [2.05, 4.69) is 51.3 Å². The molecule has 0 bridgehead atoms. The van der Waals surface area contributed by atoms with E-state index in [4.69, 9.17) is 9.47 Å². The van der Waals surface area contributed by atoms with Gasteiger partial charge in [0.25, 0.3) is 5.91 Å². The van der Waals surface area contributed by atoms with E-state index in [9.17, 15) is 4.79 Å². The highest BCUT2D eigenvalue weighted by atomic mass is 79.9. The van der Waals surface area contributed by atoms with Gasteiger partial charge in [-0.3, -0.25) is 14.7 Å². The zero-order chi connectivity index (χ0) is 24.1. The number of carbonyl (C=O) groups excluding carboxylic acids is 1. The lowest BCUT2D eigenvalue weighted by atomic mass is 10.1. The molecule has 1 fully saturated rings. The molecule has 0 N–H and O–H groups in total. The second kappa shape index (κ2) is 11.1. The number of hydrogen-bond donors (Lipinski definition) is 0. The molecule has 0 radical (unpaired) electrons. The van der Waals surface area contributed by atoms with Crippen LogP contribution in [-0.2, 0) is 11.4 Å². The van der Waals surface area contributed by atoms with Crippen LogP contribution >= 0.6 is 27.7 Å². The normalized spacial score (nSPS) is 16.1. The first-order chi connectivity index (χ1) is 16.5. The summed E-state index contributed by atoms with van der Waals surface area (Å²) in [5.41, 5.74) is 1.94. The standard InChI is InChI=1S/C27H27BrN2O3S/c1-4-29-27-30(5-2)26(31)24(34-27)16-19-14-22(28)25(23(15-19)32-6-3)33-17-18-11-12-20-9-7-8-10-21(20)13-18/h7-16H,4-6,17H2,1-3H3/b24-16-,29-27?. The van der Waals surface area contributed by atoms with Gasteiger partial charge >= 0.3 is 0 Å². The average molecular weight is 539 g/mol. The minimum atomic E-state index is -0.0228. The number of fused-ring (bicyclic) bond motifs is 1. The van der Waals surface area contributed by atoms with Gasteiger partial charge in [-0.2, -0.15) is 0 Å². The first-order valence-electron chi connectivity index (χ1n) is 11.4. The Labute approximate surface area is 213 Å². The monoisotopic (exact) mass is 538 g/mol. The van der Waals surface area contributed by atoms with Gasteiger partial charge in [-0.1, -0.05) is 36.4 Å². The molecule has 7 heteroatoms. The van der Waals surface area contributed by atoms with Crippen LogP contribution in [0.25, 0.3) is 16.8 Å². The molecule has 34 heavy (non-hydrogen) atoms. The van der Waals surface area contributed by atoms with Crippen molar-refractivity contribution in [1.29, 1.82) is 0 Å². The summed E-state index contributed by atoms with van der Waals surface area (Å²) in [6, 6.07) is 18.5. The lowest BCUT2D eigenvalue weighted by Crippen LogP contribution is -2.28. The highest BCUT2D eigenvalue weighted by Gasteiger charge is 2.32. The molecule has 0 saturated carbocycles. The zero-order valence-corrected chi connectivity index (χ0v) is 21.9. The fourth-order valence-corrected chi connectivity index (χ4v) is 5.43. The van der Waals surface area contributed by atoms with Crippen molar-refractivity contribution >= 4 is 55.6 Å². The van der Waals surface area contributed by atoms with Crippen LogP contribution in [0.4, 0.5) is 0 Å². The van der Waals surface area contributed by atoms with Crippen molar-refractivity contribution in [3.8, 4) is 11.5 Å². The molecule has 1 aliphatic heterocycles. The van der Waals surface area contributed by atoms with Crippen molar-refractivity contribution in [2.24, 2.45) is 4.99 Å². The third-order valence-electron chi connectivity index (χ3n) is 5.32. The van der Waals surface area contributed by atoms with Crippen molar-refractivity contribution in [1.82, 2.24) is 4.90 Å². The van der Waals surface area contributed by atoms with E-state index in [1.54, 1.807) is 4.90 Å². The third-order valence-corrected chi connectivity index (χ3v) is 6.96. The molecule has 0 atom stereocenters. The summed E-state index contributed by atoms with van der Waals surface area (Å²) < 4.78 is 12.9. The smallest absolute Gasteiger partial charge is 0.266 e. The number of nitrogens with zero attached hydrogens (tertiary/aromatic N) is 2. The molecular weight excluding hydrogens is 512 g/mol. The molecule has 5 nitrogen and oxygen atoms in total. The molecule has 0 aromatic heterocycles. The van der Waals surface area contributed by atoms with Gasteiger partial charge in [0.05, 0.1) is 16.0 Å². The van der Waals surface area contributed by atoms with Crippen LogP contribution in [0.1, 0.15) is 31.9 Å². The number of hydrogen-bond acceptors (Lipinski definition) is 5. The summed E-state index contributed by atoms with van der Waals surface area (Å²) in [7, 11) is 0. The van der Waals surface area contributed by atoms with Gasteiger partial charge < -0.3 is 9.47 Å². The Bertz CT molecular complexity index is 1270. The van der Waals surface area contributed by atoms with Crippen LogP contribution in [-0.4, -0.2) is 35.7 Å². The summed E-state index contributed by atoms with van der Waals surface area (Å²) >= 11 is 5.06. The average Bonchev–Trinajstić information content (AvgIpc) is 3.12. The summed E-state index contributed by atoms with van der Waals surface area (Å²) in [5.74, 6) is 1.26. The lowest BCUT2D eigenvalue weighted by molar-refractivity contribution is -0.122. The highest BCUT2D eigenvalue weighted by Crippen LogP contribution is 2.40. The molecule has 4 rings (SSSR count). The van der Waals surface area contributed by atoms with Crippen LogP contribution in [0.2, 0.25) is 0 Å². The number of ether oxygens (including phenoxy) is 2. The number of amides is 1. The van der Waals surface area contributed by atoms with E-state index in [1.165, 1.54) is 22.5 Å². The van der Waals surface area contributed by atoms with Crippen molar-refractivity contribution < 1.29 is 14.3 Å². The van der Waals surface area contributed by atoms with E-state index in [1.807, 2.05) is 51.1 Å². The van der Waals surface area contributed by atoms with E-state index >= 15 is 0 Å². The van der Waals surface area contributed by atoms with Crippen LogP contribution in [0, 0.1) is 0 Å². The summed E-state index contributed by atoms with van der Waals surface area (Å²) in [4.78, 5) is 19.6. The minimum absolute atomic E-state index is 0.0228. The first kappa shape index (κ1) is 24.4. The van der Waals surface area contributed by atoms with Crippen LogP contribution in [0.5, 0.6) is 11.5 Å². The first-order valence-corrected chi connectivity index (χ1v) is 13.0. The van der Waals surface area contributed by atoms with E-state index in [-0.39, 0.29) is 5.91 Å². The maximum atomic E-state index is 12.8. The van der Waals surface area contributed by atoms with E-state index in [0.29, 0.717) is 42.7 Å². The van der Waals surface area contributed by atoms with Gasteiger partial charge in [0.1, 0.15) is 6.61 Å². The molecule has 1 amide bonds. The van der Waals surface area contributed by atoms with Crippen LogP contribution < -0.4 is 9.47 Å². The molecule has 0 aliphatic carbocycles. The number of benzene rings is 3. The van der Waals surface area contributed by atoms with Gasteiger partial charge in [-0.15, -0.1) is 0 Å². The van der Waals surface area contributed by atoms with Gasteiger partial charge in [0.2, 0.25) is 0 Å². The number of carbonyl (C=O) groups is 1. The SMILES string of the molecule is CCN=C1S/C(=C\c2cc(Br)c(OCc3ccc4ccccc4c3)c(OCC)c2)C(=O)N1CC. The molecule has 0 unspecified atom stereocenters. The van der Waals surface area contributed by atoms with Crippen molar-refractivity contribution in [2.45, 2.75) is 27.4 Å². The lowest BCUT2D eigenvalue weighted by Gasteiger charge is -2.15. The zero-order valence-electron chi connectivity index (χ0n) is 19.5. The number of likely N-dealkylation sites (N-methyl/N-ethyl adjacent to an activating group) is 1. The van der Waals surface area contributed by atoms with Crippen LogP contribution in [0.15, 0.2) is 69.0 Å². The van der Waals surface area contributed by atoms with Crippen molar-refractivity contribution in [3.63, 3.8) is 0 Å². The van der Waals surface area contributed by atoms with E-state index in [0.717, 1.165) is 20.8 Å². The molecule has 0 spiro atoms. The summed E-state index contributed by atoms with van der Waals surface area (Å²) in [6.07, 6.45) is 1.88. The Morgan fingerprint density at radius 3 is 2.56 bits per heavy atom. The maximum absolute atomic E-state index is 12.8. The Morgan fingerprint density at radius 1 is 1.03 bits per heavy atom. The van der Waals surface area contributed by atoms with Gasteiger partial charge in [-0.25, -0.2) is 0 Å². The minimum Gasteiger partial charge on any atom is -0.490 e. The fourth-order valence-electron chi connectivity index (χ4n) is 3.75. The second-order valence-corrected chi connectivity index (χ2v) is 9.51. The number of thioether (sulfide) groups is 1. The van der Waals surface area contributed by atoms with Crippen molar-refractivity contribution in [2.75, 3.05) is 19.7 Å². The van der Waals surface area contributed by atoms with E-state index < -0.39 is 0 Å². The van der Waals surface area contributed by atoms with Crippen LogP contribution in [0.3, 0.4) is 0 Å². The predicted molar refractivity (Wildman–Crippen MR) is 145 cm³/mol. The highest BCUT2D eigenvalue weighted by molar-refractivity contribution is 9.10. The Hall–Kier alpha value is -2.77. The largest absolute Gasteiger partial charge is 0.490 e. The van der Waals surface area contributed by atoms with Gasteiger partial charge in [0.15, 0.2) is 16.7 Å². The summed E-state index contributed by atoms with van der Waals surface area (Å²) in [6.45, 7) is 8.02. The van der Waals surface area contributed by atoms with Gasteiger partial charge in [0, 0.05) is 13.1 Å². The number of halogens is 1. The topological polar surface area (TPSA) is 51.1 Å². The predicted octanol–water partition coefficient (Wildman–Crippen LogP) is 6.89. The molecule has 176 valence electrons. The Kier molecular flexibility index (Phi) is 7.95. The molecule has 3 aromatic rings. The number of aliphatic imine (C=N–C) groups is 1. The summed E-state index contributed by atoms with van der Waals surface area (Å²) in [5, 5.41) is 3.13.